The van der Waals surface area contributed by atoms with Gasteiger partial charge in [-0.3, -0.25) is 9.88 Å². The van der Waals surface area contributed by atoms with Crippen molar-refractivity contribution in [1.29, 1.82) is 0 Å². The molecule has 2 aromatic carbocycles. The van der Waals surface area contributed by atoms with Gasteiger partial charge in [-0.15, -0.1) is 0 Å². The third-order valence-corrected chi connectivity index (χ3v) is 10.9. The van der Waals surface area contributed by atoms with Crippen LogP contribution in [-0.4, -0.2) is 101 Å². The third kappa shape index (κ3) is 4.78. The second-order valence-electron chi connectivity index (χ2n) is 13.9. The zero-order valence-electron chi connectivity index (χ0n) is 25.9. The molecule has 5 aliphatic rings. The van der Waals surface area contributed by atoms with E-state index in [0.717, 1.165) is 68.9 Å². The van der Waals surface area contributed by atoms with Crippen LogP contribution >= 0.6 is 0 Å². The van der Waals surface area contributed by atoms with Crippen LogP contribution in [0.1, 0.15) is 38.5 Å². The minimum Gasteiger partial charge on any atom is -0.508 e. The van der Waals surface area contributed by atoms with E-state index in [0.29, 0.717) is 49.7 Å². The molecule has 0 aliphatic carbocycles. The van der Waals surface area contributed by atoms with E-state index in [1.54, 1.807) is 18.3 Å². The molecule has 4 fully saturated rings. The van der Waals surface area contributed by atoms with E-state index in [2.05, 4.69) is 20.1 Å². The van der Waals surface area contributed by atoms with Gasteiger partial charge in [0.1, 0.15) is 29.4 Å². The number of aromatic nitrogens is 3. The summed E-state index contributed by atoms with van der Waals surface area (Å²) in [4.78, 5) is 19.1. The molecule has 9 rings (SSSR count). The Bertz CT molecular complexity index is 1830. The fraction of sp³-hybridized carbons (Fsp3) is 0.514. The maximum absolute atomic E-state index is 16.8. The van der Waals surface area contributed by atoms with Crippen LogP contribution in [0.5, 0.6) is 11.8 Å². The molecular formula is C35H39FN6O4. The smallest absolute Gasteiger partial charge is 0.319 e. The second kappa shape index (κ2) is 11.0. The average Bonchev–Trinajstić information content (AvgIpc) is 3.70. The van der Waals surface area contributed by atoms with Gasteiger partial charge in [-0.2, -0.15) is 9.97 Å². The lowest BCUT2D eigenvalue weighted by molar-refractivity contribution is 0.0239. The number of hydrogen-bond acceptors (Lipinski definition) is 10. The lowest BCUT2D eigenvalue weighted by Crippen LogP contribution is -2.62. The van der Waals surface area contributed by atoms with E-state index in [4.69, 9.17) is 24.2 Å². The number of nitrogens with one attached hydrogen (secondary N) is 1. The summed E-state index contributed by atoms with van der Waals surface area (Å²) in [6.45, 7) is 5.66. The largest absolute Gasteiger partial charge is 0.508 e. The normalized spacial score (nSPS) is 30.0. The fourth-order valence-corrected chi connectivity index (χ4v) is 8.77. The first kappa shape index (κ1) is 28.6. The minimum absolute atomic E-state index is 0.0504. The summed E-state index contributed by atoms with van der Waals surface area (Å²) in [6.07, 6.45) is 7.75. The molecule has 46 heavy (non-hydrogen) atoms. The van der Waals surface area contributed by atoms with Crippen molar-refractivity contribution in [3.8, 4) is 23.0 Å². The molecule has 2 spiro atoms. The summed E-state index contributed by atoms with van der Waals surface area (Å²) in [6, 6.07) is 11.3. The molecule has 10 nitrogen and oxygen atoms in total. The Hall–Kier alpha value is -3.64. The molecule has 4 aromatic rings. The molecule has 2 N–H and O–H groups in total. The highest BCUT2D eigenvalue weighted by atomic mass is 19.1. The van der Waals surface area contributed by atoms with E-state index in [1.165, 1.54) is 0 Å². The highest BCUT2D eigenvalue weighted by Gasteiger charge is 2.50. The van der Waals surface area contributed by atoms with Crippen LogP contribution in [0.4, 0.5) is 10.2 Å². The zero-order chi connectivity index (χ0) is 30.9. The van der Waals surface area contributed by atoms with Crippen LogP contribution < -0.4 is 15.0 Å². The van der Waals surface area contributed by atoms with Gasteiger partial charge < -0.3 is 29.5 Å². The van der Waals surface area contributed by atoms with Crippen LogP contribution in [0.15, 0.2) is 42.6 Å². The highest BCUT2D eigenvalue weighted by molar-refractivity contribution is 5.99. The molecule has 4 atom stereocenters. The van der Waals surface area contributed by atoms with Gasteiger partial charge in [-0.1, -0.05) is 24.3 Å². The maximum Gasteiger partial charge on any atom is 0.319 e. The Morgan fingerprint density at radius 2 is 1.96 bits per heavy atom. The van der Waals surface area contributed by atoms with E-state index in [1.807, 2.05) is 24.3 Å². The predicted octanol–water partition coefficient (Wildman–Crippen LogP) is 4.42. The molecule has 4 saturated heterocycles. The van der Waals surface area contributed by atoms with Crippen LogP contribution in [0.3, 0.4) is 0 Å². The molecular weight excluding hydrogens is 587 g/mol. The predicted molar refractivity (Wildman–Crippen MR) is 172 cm³/mol. The van der Waals surface area contributed by atoms with Crippen LogP contribution in [0.25, 0.3) is 32.9 Å². The van der Waals surface area contributed by atoms with E-state index < -0.39 is 5.82 Å². The number of halogens is 1. The SMILES string of the molecule is Oc1cc(-c2ncc3c4nc(nc3c2F)OC[C@]23CCCN2C[C@@H](C3)OCCCOC[C@@]23CC[C@@H](CN4C2)N3)c2ccccc2c1. The monoisotopic (exact) mass is 626 g/mol. The Morgan fingerprint density at radius 1 is 1.02 bits per heavy atom. The summed E-state index contributed by atoms with van der Waals surface area (Å²) in [5.74, 6) is 0.127. The number of benzene rings is 2. The van der Waals surface area contributed by atoms with Crippen molar-refractivity contribution in [3.63, 3.8) is 0 Å². The van der Waals surface area contributed by atoms with Gasteiger partial charge in [0.25, 0.3) is 0 Å². The van der Waals surface area contributed by atoms with Crippen LogP contribution in [-0.2, 0) is 9.47 Å². The van der Waals surface area contributed by atoms with E-state index in [-0.39, 0.29) is 46.2 Å². The van der Waals surface area contributed by atoms with Crippen molar-refractivity contribution in [2.75, 3.05) is 57.5 Å². The van der Waals surface area contributed by atoms with Gasteiger partial charge in [0.05, 0.1) is 29.2 Å². The summed E-state index contributed by atoms with van der Waals surface area (Å²) in [7, 11) is 0. The fourth-order valence-electron chi connectivity index (χ4n) is 8.77. The van der Waals surface area contributed by atoms with Crippen molar-refractivity contribution >= 4 is 27.5 Å². The first-order chi connectivity index (χ1) is 22.5. The van der Waals surface area contributed by atoms with Crippen molar-refractivity contribution in [2.24, 2.45) is 0 Å². The number of hydrogen-bond donors (Lipinski definition) is 2. The number of ether oxygens (including phenoxy) is 3. The average molecular weight is 627 g/mol. The van der Waals surface area contributed by atoms with Gasteiger partial charge in [0, 0.05) is 50.7 Å². The number of piperazine rings is 1. The first-order valence-electron chi connectivity index (χ1n) is 16.7. The topological polar surface area (TPSA) is 105 Å². The second-order valence-corrected chi connectivity index (χ2v) is 13.9. The highest BCUT2D eigenvalue weighted by Crippen LogP contribution is 2.42. The Balaban J connectivity index is 1.18. The maximum atomic E-state index is 16.8. The molecule has 11 heteroatoms. The lowest BCUT2D eigenvalue weighted by atomic mass is 9.94. The molecule has 240 valence electrons. The number of fused-ring (bicyclic) bond motifs is 9. The number of aromatic hydroxyl groups is 1. The van der Waals surface area contributed by atoms with Crippen molar-refractivity contribution in [2.45, 2.75) is 61.7 Å². The Morgan fingerprint density at radius 3 is 2.91 bits per heavy atom. The van der Waals surface area contributed by atoms with Crippen molar-refractivity contribution in [3.05, 3.63) is 48.4 Å². The van der Waals surface area contributed by atoms with Gasteiger partial charge >= 0.3 is 6.01 Å². The molecule has 0 saturated carbocycles. The zero-order valence-corrected chi connectivity index (χ0v) is 25.9. The number of anilines is 1. The standard InChI is InChI=1S/C35H39FN6O4/c36-29-30(27-14-24(43)13-22-5-1-2-6-26(22)27)37-16-28-31(29)38-33-39-32(28)41-17-23-7-9-34(19-41,40-23)20-44-11-4-12-45-25-15-35(21-46-33)8-3-10-42(35)18-25/h1-2,5-6,13-14,16,23,25,40,43H,3-4,7-12,15,17-21H2/t23-,25+,34+,35+/m0/s1. The number of phenolic OH excluding ortho intramolecular Hbond substituents is 1. The van der Waals surface area contributed by atoms with E-state index in [9.17, 15) is 5.11 Å². The number of pyridine rings is 1. The van der Waals surface area contributed by atoms with Gasteiger partial charge in [-0.05, 0) is 68.0 Å². The molecule has 7 bridgehead atoms. The van der Waals surface area contributed by atoms with E-state index >= 15 is 4.39 Å². The number of phenols is 1. The molecule has 0 unspecified atom stereocenters. The summed E-state index contributed by atoms with van der Waals surface area (Å²) < 4.78 is 35.9. The summed E-state index contributed by atoms with van der Waals surface area (Å²) >= 11 is 0. The summed E-state index contributed by atoms with van der Waals surface area (Å²) in [5.41, 5.74) is 0.450. The van der Waals surface area contributed by atoms with Gasteiger partial charge in [-0.25, -0.2) is 4.39 Å². The molecule has 7 heterocycles. The van der Waals surface area contributed by atoms with Crippen molar-refractivity contribution in [1.82, 2.24) is 25.2 Å². The van der Waals surface area contributed by atoms with Crippen molar-refractivity contribution < 1.29 is 23.7 Å². The number of rotatable bonds is 1. The third-order valence-electron chi connectivity index (χ3n) is 10.9. The molecule has 0 radical (unpaired) electrons. The Labute approximate surface area is 266 Å². The first-order valence-corrected chi connectivity index (χ1v) is 16.7. The lowest BCUT2D eigenvalue weighted by Gasteiger charge is -2.42. The molecule has 0 amide bonds. The molecule has 5 aliphatic heterocycles. The van der Waals surface area contributed by atoms with Gasteiger partial charge in [0.2, 0.25) is 0 Å². The summed E-state index contributed by atoms with van der Waals surface area (Å²) in [5, 5.41) is 16.5. The minimum atomic E-state index is -0.557. The van der Waals surface area contributed by atoms with Crippen LogP contribution in [0, 0.1) is 5.82 Å². The van der Waals surface area contributed by atoms with Crippen LogP contribution in [0.2, 0.25) is 0 Å². The number of nitrogens with zero attached hydrogens (tertiary/aromatic N) is 5. The van der Waals surface area contributed by atoms with Gasteiger partial charge in [0.15, 0.2) is 5.82 Å². The Kier molecular flexibility index (Phi) is 6.82. The molecule has 2 aromatic heterocycles. The quantitative estimate of drug-likeness (QED) is 0.316.